The Morgan fingerprint density at radius 3 is 2.72 bits per heavy atom. The Kier molecular flexibility index (Phi) is 8.11. The Balaban J connectivity index is 1.18. The van der Waals surface area contributed by atoms with Crippen molar-refractivity contribution in [2.45, 2.75) is 62.2 Å². The topological polar surface area (TPSA) is 116 Å². The summed E-state index contributed by atoms with van der Waals surface area (Å²) in [5, 5.41) is 15.4. The van der Waals surface area contributed by atoms with Gasteiger partial charge in [-0.3, -0.25) is 9.88 Å². The first-order valence-corrected chi connectivity index (χ1v) is 17.2. The molecule has 1 amide bonds. The zero-order valence-corrected chi connectivity index (χ0v) is 28.1. The molecule has 4 aliphatic rings. The highest BCUT2D eigenvalue weighted by molar-refractivity contribution is 6.03. The molecule has 0 spiro atoms. The van der Waals surface area contributed by atoms with Crippen LogP contribution in [0.25, 0.3) is 32.9 Å². The second-order valence-corrected chi connectivity index (χ2v) is 14.2. The van der Waals surface area contributed by atoms with E-state index in [1.165, 1.54) is 35.4 Å². The molecular formula is C37H39F2N7O4. The minimum Gasteiger partial charge on any atom is -0.508 e. The van der Waals surface area contributed by atoms with Crippen molar-refractivity contribution in [1.82, 2.24) is 30.1 Å². The number of amides is 1. The van der Waals surface area contributed by atoms with Crippen LogP contribution in [0.2, 0.25) is 0 Å². The number of piperazine rings is 1. The summed E-state index contributed by atoms with van der Waals surface area (Å²) < 4.78 is 43.8. The van der Waals surface area contributed by atoms with Crippen LogP contribution in [0.4, 0.5) is 19.4 Å². The van der Waals surface area contributed by atoms with Gasteiger partial charge in [-0.25, -0.2) is 13.6 Å². The molecule has 6 heterocycles. The third-order valence-electron chi connectivity index (χ3n) is 10.9. The van der Waals surface area contributed by atoms with Crippen molar-refractivity contribution in [3.8, 4) is 35.4 Å². The van der Waals surface area contributed by atoms with E-state index >= 15 is 4.39 Å². The highest BCUT2D eigenvalue weighted by Crippen LogP contribution is 2.44. The number of phenols is 1. The van der Waals surface area contributed by atoms with E-state index in [1.54, 1.807) is 14.1 Å². The number of pyridine rings is 1. The molecule has 13 heteroatoms. The maximum absolute atomic E-state index is 16.9. The molecule has 2 aromatic heterocycles. The number of ether oxygens (including phenoxy) is 2. The van der Waals surface area contributed by atoms with Crippen LogP contribution in [0.15, 0.2) is 30.5 Å². The SMILES string of the molecule is C#Cc1c(F)ccc2cc(O)cc(-c3ncc4c(N5CC6CCC(C5)N6)nc(OC[C@]56CCCN5[C@@H](COC(=O)N(C)C)CC6)nc4c3F)c12. The molecule has 0 saturated carbocycles. The van der Waals surface area contributed by atoms with Crippen LogP contribution in [-0.2, 0) is 4.74 Å². The number of anilines is 1. The number of nitrogens with one attached hydrogen (secondary N) is 1. The van der Waals surface area contributed by atoms with Crippen LogP contribution in [0, 0.1) is 24.0 Å². The van der Waals surface area contributed by atoms with Gasteiger partial charge < -0.3 is 29.7 Å². The number of aromatic nitrogens is 3. The molecule has 2 bridgehead atoms. The van der Waals surface area contributed by atoms with E-state index in [0.29, 0.717) is 55.0 Å². The second-order valence-electron chi connectivity index (χ2n) is 14.2. The summed E-state index contributed by atoms with van der Waals surface area (Å²) in [5.74, 6) is 1.40. The molecule has 2 aromatic carbocycles. The van der Waals surface area contributed by atoms with Gasteiger partial charge >= 0.3 is 12.1 Å². The number of hydrogen-bond donors (Lipinski definition) is 2. The molecular weight excluding hydrogens is 644 g/mol. The fourth-order valence-corrected chi connectivity index (χ4v) is 8.52. The summed E-state index contributed by atoms with van der Waals surface area (Å²) in [6.07, 6.45) is 12.6. The van der Waals surface area contributed by atoms with Gasteiger partial charge in [0.05, 0.1) is 16.5 Å². The van der Waals surface area contributed by atoms with E-state index in [0.717, 1.165) is 45.1 Å². The summed E-state index contributed by atoms with van der Waals surface area (Å²) >= 11 is 0. The molecule has 8 rings (SSSR count). The molecule has 0 radical (unpaired) electrons. The number of phenolic OH excluding ortho intramolecular Hbond substituents is 1. The van der Waals surface area contributed by atoms with Crippen LogP contribution in [-0.4, -0.2) is 107 Å². The number of fused-ring (bicyclic) bond motifs is 5. The lowest BCUT2D eigenvalue weighted by atomic mass is 9.95. The zero-order valence-electron chi connectivity index (χ0n) is 28.1. The second kappa shape index (κ2) is 12.5. The molecule has 260 valence electrons. The molecule has 4 aromatic rings. The highest BCUT2D eigenvalue weighted by atomic mass is 19.1. The Bertz CT molecular complexity index is 2040. The lowest BCUT2D eigenvalue weighted by molar-refractivity contribution is 0.0484. The minimum atomic E-state index is -0.752. The van der Waals surface area contributed by atoms with Crippen molar-refractivity contribution >= 4 is 33.6 Å². The van der Waals surface area contributed by atoms with Gasteiger partial charge in [-0.05, 0) is 68.7 Å². The van der Waals surface area contributed by atoms with E-state index in [2.05, 4.69) is 31.0 Å². The number of nitrogens with zero attached hydrogens (tertiary/aromatic N) is 6. The average molecular weight is 684 g/mol. The van der Waals surface area contributed by atoms with Gasteiger partial charge in [0.25, 0.3) is 0 Å². The van der Waals surface area contributed by atoms with Gasteiger partial charge in [0, 0.05) is 62.5 Å². The number of carbonyl (C=O) groups is 1. The Morgan fingerprint density at radius 1 is 1.16 bits per heavy atom. The molecule has 11 nitrogen and oxygen atoms in total. The number of aromatic hydroxyl groups is 1. The lowest BCUT2D eigenvalue weighted by Gasteiger charge is -2.35. The summed E-state index contributed by atoms with van der Waals surface area (Å²) in [5.41, 5.74) is -0.282. The summed E-state index contributed by atoms with van der Waals surface area (Å²) in [6, 6.07) is 6.22. The largest absolute Gasteiger partial charge is 0.508 e. The van der Waals surface area contributed by atoms with E-state index in [1.807, 2.05) is 0 Å². The predicted molar refractivity (Wildman–Crippen MR) is 184 cm³/mol. The molecule has 2 N–H and O–H groups in total. The van der Waals surface area contributed by atoms with Gasteiger partial charge in [0.15, 0.2) is 5.82 Å². The smallest absolute Gasteiger partial charge is 0.409 e. The van der Waals surface area contributed by atoms with Crippen LogP contribution < -0.4 is 15.0 Å². The maximum atomic E-state index is 16.9. The fourth-order valence-electron chi connectivity index (χ4n) is 8.52. The molecule has 2 unspecified atom stereocenters. The van der Waals surface area contributed by atoms with Crippen LogP contribution >= 0.6 is 0 Å². The third-order valence-corrected chi connectivity index (χ3v) is 10.9. The van der Waals surface area contributed by atoms with Gasteiger partial charge in [-0.1, -0.05) is 12.0 Å². The molecule has 50 heavy (non-hydrogen) atoms. The average Bonchev–Trinajstić information content (AvgIpc) is 3.78. The number of benzene rings is 2. The van der Waals surface area contributed by atoms with Gasteiger partial charge in [-0.15, -0.1) is 6.42 Å². The van der Waals surface area contributed by atoms with Crippen molar-refractivity contribution < 1.29 is 28.2 Å². The van der Waals surface area contributed by atoms with Crippen LogP contribution in [0.5, 0.6) is 11.8 Å². The first-order chi connectivity index (χ1) is 24.1. The van der Waals surface area contributed by atoms with Crippen LogP contribution in [0.1, 0.15) is 44.1 Å². The minimum absolute atomic E-state index is 0.0108. The molecule has 4 aliphatic heterocycles. The maximum Gasteiger partial charge on any atom is 0.409 e. The van der Waals surface area contributed by atoms with Crippen molar-refractivity contribution in [3.05, 3.63) is 47.7 Å². The molecule has 4 atom stereocenters. The van der Waals surface area contributed by atoms with E-state index in [9.17, 15) is 14.3 Å². The van der Waals surface area contributed by atoms with Crippen LogP contribution in [0.3, 0.4) is 0 Å². The molecule has 4 fully saturated rings. The van der Waals surface area contributed by atoms with Gasteiger partial charge in [0.2, 0.25) is 0 Å². The summed E-state index contributed by atoms with van der Waals surface area (Å²) in [6.45, 7) is 2.85. The fraction of sp³-hybridized carbons (Fsp3) is 0.459. The Labute approximate surface area is 288 Å². The van der Waals surface area contributed by atoms with Crippen molar-refractivity contribution in [1.29, 1.82) is 0 Å². The first kappa shape index (κ1) is 32.4. The Hall–Kier alpha value is -4.80. The van der Waals surface area contributed by atoms with Crippen molar-refractivity contribution in [2.75, 3.05) is 51.8 Å². The summed E-state index contributed by atoms with van der Waals surface area (Å²) in [7, 11) is 3.33. The van der Waals surface area contributed by atoms with Crippen molar-refractivity contribution in [3.63, 3.8) is 0 Å². The van der Waals surface area contributed by atoms with Gasteiger partial charge in [0.1, 0.15) is 41.8 Å². The number of rotatable bonds is 7. The standard InChI is InChI=1S/C37H39F2N7O4/c1-4-26-29(38)9-6-21-14-25(47)15-27(30(21)26)32-31(39)33-28(16-40-32)34(45-17-22-7-8-23(18-45)41-22)43-35(42-33)50-20-37-11-5-13-46(37)24(10-12-37)19-49-36(48)44(2)3/h1,6,9,14-16,22-24,41,47H,5,7-8,10-13,17-20H2,2-3H3/t22?,23?,24-,37-/m1/s1. The first-order valence-electron chi connectivity index (χ1n) is 17.2. The molecule has 0 aliphatic carbocycles. The number of carbonyl (C=O) groups excluding carboxylic acids is 1. The normalized spacial score (nSPS) is 24.5. The number of hydrogen-bond acceptors (Lipinski definition) is 10. The number of halogens is 2. The van der Waals surface area contributed by atoms with E-state index in [-0.39, 0.29) is 57.2 Å². The Morgan fingerprint density at radius 2 is 1.96 bits per heavy atom. The lowest BCUT2D eigenvalue weighted by Crippen LogP contribution is -2.51. The van der Waals surface area contributed by atoms with Gasteiger partial charge in [-0.2, -0.15) is 9.97 Å². The monoisotopic (exact) mass is 683 g/mol. The quantitative estimate of drug-likeness (QED) is 0.263. The van der Waals surface area contributed by atoms with E-state index in [4.69, 9.17) is 20.9 Å². The molecule has 4 saturated heterocycles. The van der Waals surface area contributed by atoms with Crippen molar-refractivity contribution in [2.24, 2.45) is 0 Å². The zero-order chi connectivity index (χ0) is 34.7. The highest BCUT2D eigenvalue weighted by Gasteiger charge is 2.50. The summed E-state index contributed by atoms with van der Waals surface area (Å²) in [4.78, 5) is 32.1. The third kappa shape index (κ3) is 5.51. The van der Waals surface area contributed by atoms with E-state index < -0.39 is 11.6 Å². The number of terminal acetylenes is 1. The predicted octanol–water partition coefficient (Wildman–Crippen LogP) is 4.82.